The number of allylic oxidation sites excluding steroid dienone is 1. The van der Waals surface area contributed by atoms with E-state index in [1.54, 1.807) is 0 Å². The van der Waals surface area contributed by atoms with Gasteiger partial charge in [-0.3, -0.25) is 4.79 Å². The van der Waals surface area contributed by atoms with E-state index in [1.807, 2.05) is 13.0 Å². The van der Waals surface area contributed by atoms with Crippen LogP contribution in [0.4, 0.5) is 0 Å². The monoisotopic (exact) mass is 226 g/mol. The highest BCUT2D eigenvalue weighted by Gasteiger charge is 2.58. The summed E-state index contributed by atoms with van der Waals surface area (Å²) < 4.78 is 6.04. The Kier molecular flexibility index (Phi) is 1.63. The minimum Gasteiger partial charge on any atom is -0.364 e. The molecule has 4 rings (SSSR count). The molecule has 0 N–H and O–H groups in total. The van der Waals surface area contributed by atoms with E-state index >= 15 is 0 Å². The number of carbonyl (C=O) groups is 1. The van der Waals surface area contributed by atoms with Gasteiger partial charge in [0.1, 0.15) is 0 Å². The van der Waals surface area contributed by atoms with Crippen molar-refractivity contribution in [3.05, 3.63) is 46.5 Å². The lowest BCUT2D eigenvalue weighted by Crippen LogP contribution is -2.23. The Balaban J connectivity index is 1.92. The summed E-state index contributed by atoms with van der Waals surface area (Å²) in [4.78, 5) is 12.3. The number of fused-ring (bicyclic) bond motifs is 8. The fourth-order valence-electron chi connectivity index (χ4n) is 3.76. The molecule has 1 aromatic carbocycles. The van der Waals surface area contributed by atoms with Crippen LogP contribution in [0.25, 0.3) is 0 Å². The average Bonchev–Trinajstić information content (AvgIpc) is 2.97. The van der Waals surface area contributed by atoms with Crippen LogP contribution in [0.3, 0.4) is 0 Å². The molecule has 2 heterocycles. The molecule has 0 amide bonds. The van der Waals surface area contributed by atoms with Gasteiger partial charge in [-0.25, -0.2) is 0 Å². The Bertz CT molecular complexity index is 570. The molecule has 2 heteroatoms. The maximum atomic E-state index is 12.3. The second-order valence-corrected chi connectivity index (χ2v) is 5.33. The van der Waals surface area contributed by atoms with Crippen LogP contribution in [0.2, 0.25) is 0 Å². The lowest BCUT2D eigenvalue weighted by atomic mass is 9.75. The first-order valence-electron chi connectivity index (χ1n) is 6.16. The summed E-state index contributed by atoms with van der Waals surface area (Å²) in [5.74, 6) is 0.645. The van der Waals surface area contributed by atoms with E-state index in [1.165, 1.54) is 16.7 Å². The summed E-state index contributed by atoms with van der Waals surface area (Å²) in [5.41, 5.74) is 4.73. The Hall–Kier alpha value is -1.41. The number of hydrogen-bond acceptors (Lipinski definition) is 2. The summed E-state index contributed by atoms with van der Waals surface area (Å²) in [7, 11) is 0. The zero-order chi connectivity index (χ0) is 11.7. The Morgan fingerprint density at radius 1 is 1.00 bits per heavy atom. The SMILES string of the molecule is CC1=C(C)[C@@H]2[C@H](C1=O)[C@@H]1O[C@H]2c2ccccc21. The number of hydrogen-bond donors (Lipinski definition) is 0. The number of ether oxygens (including phenoxy) is 1. The smallest absolute Gasteiger partial charge is 0.165 e. The topological polar surface area (TPSA) is 26.3 Å². The summed E-state index contributed by atoms with van der Waals surface area (Å²) in [6, 6.07) is 8.33. The van der Waals surface area contributed by atoms with Crippen molar-refractivity contribution in [2.75, 3.05) is 0 Å². The van der Waals surface area contributed by atoms with Crippen LogP contribution in [0, 0.1) is 11.8 Å². The van der Waals surface area contributed by atoms with Gasteiger partial charge < -0.3 is 4.74 Å². The van der Waals surface area contributed by atoms with Gasteiger partial charge >= 0.3 is 0 Å². The molecule has 1 aliphatic carbocycles. The number of rotatable bonds is 0. The minimum absolute atomic E-state index is 0.00102. The minimum atomic E-state index is 0.00102. The molecule has 0 saturated carbocycles. The molecule has 17 heavy (non-hydrogen) atoms. The summed E-state index contributed by atoms with van der Waals surface area (Å²) in [6.07, 6.45) is 0.115. The largest absolute Gasteiger partial charge is 0.364 e. The zero-order valence-electron chi connectivity index (χ0n) is 9.94. The van der Waals surface area contributed by atoms with Crippen molar-refractivity contribution in [1.29, 1.82) is 0 Å². The lowest BCUT2D eigenvalue weighted by Gasteiger charge is -2.23. The average molecular weight is 226 g/mol. The van der Waals surface area contributed by atoms with E-state index in [0.717, 1.165) is 5.57 Å². The predicted octanol–water partition coefficient (Wildman–Crippen LogP) is 2.96. The van der Waals surface area contributed by atoms with E-state index in [-0.39, 0.29) is 18.1 Å². The molecule has 4 atom stereocenters. The number of Topliss-reactive ketones (excluding diaryl/α,β-unsaturated/α-hetero) is 1. The molecule has 0 spiro atoms. The second-order valence-electron chi connectivity index (χ2n) is 5.33. The van der Waals surface area contributed by atoms with Gasteiger partial charge in [-0.05, 0) is 30.5 Å². The van der Waals surface area contributed by atoms with E-state index in [9.17, 15) is 4.79 Å². The third-order valence-electron chi connectivity index (χ3n) is 4.71. The van der Waals surface area contributed by atoms with E-state index in [0.29, 0.717) is 11.7 Å². The van der Waals surface area contributed by atoms with Crippen LogP contribution in [0.15, 0.2) is 35.4 Å². The first-order valence-corrected chi connectivity index (χ1v) is 6.16. The van der Waals surface area contributed by atoms with Crippen molar-refractivity contribution in [3.8, 4) is 0 Å². The van der Waals surface area contributed by atoms with Crippen molar-refractivity contribution in [1.82, 2.24) is 0 Å². The first-order chi connectivity index (χ1) is 8.20. The van der Waals surface area contributed by atoms with Gasteiger partial charge in [-0.15, -0.1) is 0 Å². The van der Waals surface area contributed by atoms with Crippen LogP contribution in [-0.2, 0) is 9.53 Å². The molecule has 2 nitrogen and oxygen atoms in total. The zero-order valence-corrected chi connectivity index (χ0v) is 9.94. The van der Waals surface area contributed by atoms with Gasteiger partial charge in [0.2, 0.25) is 0 Å². The van der Waals surface area contributed by atoms with Crippen LogP contribution < -0.4 is 0 Å². The third-order valence-corrected chi connectivity index (χ3v) is 4.71. The van der Waals surface area contributed by atoms with E-state index in [2.05, 4.69) is 25.1 Å². The van der Waals surface area contributed by atoms with E-state index < -0.39 is 0 Å². The quantitative estimate of drug-likeness (QED) is 0.679. The van der Waals surface area contributed by atoms with Gasteiger partial charge in [0.25, 0.3) is 0 Å². The van der Waals surface area contributed by atoms with Gasteiger partial charge in [0.05, 0.1) is 18.1 Å². The highest BCUT2D eigenvalue weighted by atomic mass is 16.5. The molecule has 1 fully saturated rings. The standard InChI is InChI=1S/C15H14O2/c1-7-8(2)13(16)12-11(7)14-9-5-3-4-6-10(9)15(12)17-14/h3-6,11-12,14-15H,1-2H3/t11-,12-,14+,15-/m1/s1. The molecule has 1 aromatic rings. The molecule has 0 unspecified atom stereocenters. The molecular formula is C15H14O2. The predicted molar refractivity (Wildman–Crippen MR) is 63.4 cm³/mol. The summed E-state index contributed by atoms with van der Waals surface area (Å²) in [6.45, 7) is 4.05. The maximum absolute atomic E-state index is 12.3. The van der Waals surface area contributed by atoms with Crippen LogP contribution >= 0.6 is 0 Å². The van der Waals surface area contributed by atoms with Gasteiger partial charge in [0, 0.05) is 5.92 Å². The van der Waals surface area contributed by atoms with Gasteiger partial charge in [-0.2, -0.15) is 0 Å². The summed E-state index contributed by atoms with van der Waals surface area (Å²) in [5, 5.41) is 0. The highest BCUT2D eigenvalue weighted by Crippen LogP contribution is 2.62. The Labute approximate surface area is 100 Å². The van der Waals surface area contributed by atoms with E-state index in [4.69, 9.17) is 4.74 Å². The first kappa shape index (κ1) is 9.60. The van der Waals surface area contributed by atoms with Crippen molar-refractivity contribution >= 4 is 5.78 Å². The van der Waals surface area contributed by atoms with Gasteiger partial charge in [-0.1, -0.05) is 29.8 Å². The second kappa shape index (κ2) is 2.88. The fraction of sp³-hybridized carbons (Fsp3) is 0.400. The number of carbonyl (C=O) groups excluding carboxylic acids is 1. The molecule has 86 valence electrons. The normalized spacial score (nSPS) is 37.6. The fourth-order valence-corrected chi connectivity index (χ4v) is 3.76. The van der Waals surface area contributed by atoms with Crippen LogP contribution in [0.1, 0.15) is 37.2 Å². The third kappa shape index (κ3) is 0.940. The number of ketones is 1. The molecule has 0 radical (unpaired) electrons. The molecule has 2 aliphatic heterocycles. The Morgan fingerprint density at radius 2 is 1.59 bits per heavy atom. The van der Waals surface area contributed by atoms with Crippen molar-refractivity contribution < 1.29 is 9.53 Å². The van der Waals surface area contributed by atoms with Crippen LogP contribution in [0.5, 0.6) is 0 Å². The van der Waals surface area contributed by atoms with Crippen molar-refractivity contribution in [3.63, 3.8) is 0 Å². The molecule has 3 aliphatic rings. The molecular weight excluding hydrogens is 212 g/mol. The summed E-state index contributed by atoms with van der Waals surface area (Å²) >= 11 is 0. The maximum Gasteiger partial charge on any atom is 0.165 e. The molecule has 0 aromatic heterocycles. The number of benzene rings is 1. The highest BCUT2D eigenvalue weighted by molar-refractivity contribution is 6.01. The molecule has 1 saturated heterocycles. The van der Waals surface area contributed by atoms with Crippen molar-refractivity contribution in [2.24, 2.45) is 11.8 Å². The van der Waals surface area contributed by atoms with Crippen LogP contribution in [-0.4, -0.2) is 5.78 Å². The Morgan fingerprint density at radius 3 is 2.24 bits per heavy atom. The molecule has 2 bridgehead atoms. The van der Waals surface area contributed by atoms with Crippen molar-refractivity contribution in [2.45, 2.75) is 26.1 Å². The lowest BCUT2D eigenvalue weighted by molar-refractivity contribution is -0.120. The van der Waals surface area contributed by atoms with Gasteiger partial charge in [0.15, 0.2) is 5.78 Å².